The van der Waals surface area contributed by atoms with E-state index in [2.05, 4.69) is 5.32 Å². The first-order chi connectivity index (χ1) is 11.1. The molecule has 0 radical (unpaired) electrons. The molecule has 1 N–H and O–H groups in total. The molecule has 0 aromatic heterocycles. The lowest BCUT2D eigenvalue weighted by Crippen LogP contribution is -2.34. The van der Waals surface area contributed by atoms with Crippen LogP contribution < -0.4 is 5.32 Å². The SMILES string of the molecule is O=C(c1ccc(-c2ccc(F)cc2)cc1F)N1CCCNCC1. The van der Waals surface area contributed by atoms with Crippen LogP contribution in [0.3, 0.4) is 0 Å². The van der Waals surface area contributed by atoms with Crippen molar-refractivity contribution in [1.29, 1.82) is 0 Å². The van der Waals surface area contributed by atoms with Crippen LogP contribution in [-0.4, -0.2) is 37.0 Å². The van der Waals surface area contributed by atoms with E-state index < -0.39 is 5.82 Å². The average molecular weight is 316 g/mol. The highest BCUT2D eigenvalue weighted by Crippen LogP contribution is 2.23. The molecule has 2 aromatic rings. The van der Waals surface area contributed by atoms with Crippen molar-refractivity contribution in [3.63, 3.8) is 0 Å². The van der Waals surface area contributed by atoms with Gasteiger partial charge < -0.3 is 10.2 Å². The Hall–Kier alpha value is -2.27. The molecule has 1 aliphatic rings. The highest BCUT2D eigenvalue weighted by molar-refractivity contribution is 5.95. The molecule has 0 bridgehead atoms. The summed E-state index contributed by atoms with van der Waals surface area (Å²) < 4.78 is 27.3. The van der Waals surface area contributed by atoms with Gasteiger partial charge in [0.15, 0.2) is 0 Å². The Morgan fingerprint density at radius 1 is 0.957 bits per heavy atom. The zero-order valence-electron chi connectivity index (χ0n) is 12.7. The van der Waals surface area contributed by atoms with E-state index in [0.717, 1.165) is 19.5 Å². The van der Waals surface area contributed by atoms with Gasteiger partial charge in [0.2, 0.25) is 0 Å². The van der Waals surface area contributed by atoms with Crippen molar-refractivity contribution in [3.05, 3.63) is 59.7 Å². The van der Waals surface area contributed by atoms with Gasteiger partial charge in [-0.05, 0) is 48.4 Å². The van der Waals surface area contributed by atoms with Gasteiger partial charge in [0.1, 0.15) is 11.6 Å². The van der Waals surface area contributed by atoms with E-state index in [-0.39, 0.29) is 17.3 Å². The van der Waals surface area contributed by atoms with Crippen LogP contribution in [0.4, 0.5) is 8.78 Å². The van der Waals surface area contributed by atoms with Gasteiger partial charge in [0.05, 0.1) is 5.56 Å². The van der Waals surface area contributed by atoms with Crippen LogP contribution in [0.15, 0.2) is 42.5 Å². The molecule has 0 saturated carbocycles. The zero-order chi connectivity index (χ0) is 16.2. The standard InChI is InChI=1S/C18H18F2N2O/c19-15-5-2-13(3-6-15)14-4-7-16(17(20)12-14)18(23)22-10-1-8-21-9-11-22/h2-7,12,21H,1,8-11H2. The van der Waals surface area contributed by atoms with E-state index in [1.807, 2.05) is 0 Å². The van der Waals surface area contributed by atoms with Crippen LogP contribution in [0.1, 0.15) is 16.8 Å². The molecule has 0 spiro atoms. The van der Waals surface area contributed by atoms with Gasteiger partial charge in [-0.15, -0.1) is 0 Å². The van der Waals surface area contributed by atoms with Crippen molar-refractivity contribution in [2.24, 2.45) is 0 Å². The van der Waals surface area contributed by atoms with Gasteiger partial charge >= 0.3 is 0 Å². The number of carbonyl (C=O) groups excluding carboxylic acids is 1. The largest absolute Gasteiger partial charge is 0.337 e. The van der Waals surface area contributed by atoms with E-state index >= 15 is 0 Å². The first-order valence-corrected chi connectivity index (χ1v) is 7.70. The average Bonchev–Trinajstić information content (AvgIpc) is 2.84. The number of hydrogen-bond donors (Lipinski definition) is 1. The summed E-state index contributed by atoms with van der Waals surface area (Å²) in [5.74, 6) is -1.17. The third-order valence-electron chi connectivity index (χ3n) is 4.00. The Labute approximate surface area is 133 Å². The Balaban J connectivity index is 1.84. The summed E-state index contributed by atoms with van der Waals surface area (Å²) in [6.07, 6.45) is 0.862. The second-order valence-corrected chi connectivity index (χ2v) is 5.60. The number of nitrogens with one attached hydrogen (secondary N) is 1. The molecule has 1 aliphatic heterocycles. The number of benzene rings is 2. The molecule has 0 aliphatic carbocycles. The molecule has 1 saturated heterocycles. The van der Waals surface area contributed by atoms with E-state index in [0.29, 0.717) is 24.2 Å². The maximum Gasteiger partial charge on any atom is 0.256 e. The molecule has 2 aromatic carbocycles. The summed E-state index contributed by atoms with van der Waals surface area (Å²) in [7, 11) is 0. The normalized spacial score (nSPS) is 15.3. The molecule has 3 nitrogen and oxygen atoms in total. The third kappa shape index (κ3) is 3.56. The summed E-state index contributed by atoms with van der Waals surface area (Å²) in [6, 6.07) is 10.4. The van der Waals surface area contributed by atoms with Crippen LogP contribution in [0.25, 0.3) is 11.1 Å². The van der Waals surface area contributed by atoms with Crippen molar-refractivity contribution >= 4 is 5.91 Å². The number of amides is 1. The van der Waals surface area contributed by atoms with Crippen molar-refractivity contribution in [1.82, 2.24) is 10.2 Å². The number of rotatable bonds is 2. The molecular weight excluding hydrogens is 298 g/mol. The van der Waals surface area contributed by atoms with Crippen LogP contribution in [0, 0.1) is 11.6 Å². The minimum absolute atomic E-state index is 0.0813. The predicted octanol–water partition coefficient (Wildman–Crippen LogP) is 3.07. The summed E-state index contributed by atoms with van der Waals surface area (Å²) >= 11 is 0. The number of carbonyl (C=O) groups is 1. The summed E-state index contributed by atoms with van der Waals surface area (Å²) in [5.41, 5.74) is 1.41. The monoisotopic (exact) mass is 316 g/mol. The van der Waals surface area contributed by atoms with Crippen LogP contribution in [-0.2, 0) is 0 Å². The van der Waals surface area contributed by atoms with Crippen molar-refractivity contribution < 1.29 is 13.6 Å². The molecule has 23 heavy (non-hydrogen) atoms. The van der Waals surface area contributed by atoms with Crippen LogP contribution in [0.5, 0.6) is 0 Å². The van der Waals surface area contributed by atoms with E-state index in [4.69, 9.17) is 0 Å². The Morgan fingerprint density at radius 3 is 2.43 bits per heavy atom. The molecule has 1 heterocycles. The summed E-state index contributed by atoms with van der Waals surface area (Å²) in [6.45, 7) is 2.81. The van der Waals surface area contributed by atoms with Gasteiger partial charge in [-0.2, -0.15) is 0 Å². The van der Waals surface area contributed by atoms with Gasteiger partial charge in [0, 0.05) is 19.6 Å². The molecule has 5 heteroatoms. The summed E-state index contributed by atoms with van der Waals surface area (Å²) in [5, 5.41) is 3.22. The fourth-order valence-corrected chi connectivity index (χ4v) is 2.73. The van der Waals surface area contributed by atoms with Gasteiger partial charge in [0.25, 0.3) is 5.91 Å². The topological polar surface area (TPSA) is 32.3 Å². The number of nitrogens with zero attached hydrogens (tertiary/aromatic N) is 1. The van der Waals surface area contributed by atoms with Gasteiger partial charge in [-0.1, -0.05) is 18.2 Å². The quantitative estimate of drug-likeness (QED) is 0.923. The Kier molecular flexibility index (Phi) is 4.67. The van der Waals surface area contributed by atoms with Gasteiger partial charge in [-0.3, -0.25) is 4.79 Å². The van der Waals surface area contributed by atoms with Crippen molar-refractivity contribution in [3.8, 4) is 11.1 Å². The first kappa shape index (κ1) is 15.6. The number of hydrogen-bond acceptors (Lipinski definition) is 2. The second kappa shape index (κ2) is 6.87. The fourth-order valence-electron chi connectivity index (χ4n) is 2.73. The van der Waals surface area contributed by atoms with E-state index in [1.165, 1.54) is 24.3 Å². The zero-order valence-corrected chi connectivity index (χ0v) is 12.7. The van der Waals surface area contributed by atoms with E-state index in [9.17, 15) is 13.6 Å². The van der Waals surface area contributed by atoms with E-state index in [1.54, 1.807) is 23.1 Å². The second-order valence-electron chi connectivity index (χ2n) is 5.60. The lowest BCUT2D eigenvalue weighted by molar-refractivity contribution is 0.0761. The van der Waals surface area contributed by atoms with Gasteiger partial charge in [-0.25, -0.2) is 8.78 Å². The smallest absolute Gasteiger partial charge is 0.256 e. The molecule has 3 rings (SSSR count). The maximum atomic E-state index is 14.4. The molecule has 0 atom stereocenters. The maximum absolute atomic E-state index is 14.4. The molecule has 1 amide bonds. The highest BCUT2D eigenvalue weighted by atomic mass is 19.1. The minimum Gasteiger partial charge on any atom is -0.337 e. The Morgan fingerprint density at radius 2 is 1.70 bits per heavy atom. The number of halogens is 2. The Bertz CT molecular complexity index is 693. The molecule has 0 unspecified atom stereocenters. The lowest BCUT2D eigenvalue weighted by atomic mass is 10.0. The van der Waals surface area contributed by atoms with Crippen LogP contribution in [0.2, 0.25) is 0 Å². The molecule has 120 valence electrons. The van der Waals surface area contributed by atoms with Crippen molar-refractivity contribution in [2.75, 3.05) is 26.2 Å². The van der Waals surface area contributed by atoms with Crippen LogP contribution >= 0.6 is 0 Å². The highest BCUT2D eigenvalue weighted by Gasteiger charge is 2.20. The molecular formula is C18H18F2N2O. The van der Waals surface area contributed by atoms with Crippen molar-refractivity contribution in [2.45, 2.75) is 6.42 Å². The predicted molar refractivity (Wildman–Crippen MR) is 85.2 cm³/mol. The minimum atomic E-state index is -0.547. The fraction of sp³-hybridized carbons (Fsp3) is 0.278. The molecule has 1 fully saturated rings. The first-order valence-electron chi connectivity index (χ1n) is 7.70. The lowest BCUT2D eigenvalue weighted by Gasteiger charge is -2.20. The summed E-state index contributed by atoms with van der Waals surface area (Å²) in [4.78, 5) is 14.2. The third-order valence-corrected chi connectivity index (χ3v) is 4.00.